The molecule has 3 nitrogen and oxygen atoms in total. The molecule has 0 radical (unpaired) electrons. The summed E-state index contributed by atoms with van der Waals surface area (Å²) in [6.45, 7) is 4.95. The summed E-state index contributed by atoms with van der Waals surface area (Å²) in [5, 5.41) is 2.90. The van der Waals surface area contributed by atoms with Crippen LogP contribution >= 0.6 is 0 Å². The smallest absolute Gasteiger partial charge is 0.244 e. The predicted molar refractivity (Wildman–Crippen MR) is 99.3 cm³/mol. The van der Waals surface area contributed by atoms with Gasteiger partial charge >= 0.3 is 0 Å². The number of carbonyl (C=O) groups is 1. The first-order valence-corrected chi connectivity index (χ1v) is 8.27. The Labute approximate surface area is 144 Å². The molecule has 2 aromatic carbocycles. The molecule has 0 spiro atoms. The maximum atomic E-state index is 11.9. The van der Waals surface area contributed by atoms with Gasteiger partial charge in [-0.2, -0.15) is 0 Å². The zero-order valence-electron chi connectivity index (χ0n) is 14.6. The Bertz CT molecular complexity index is 670. The summed E-state index contributed by atoms with van der Waals surface area (Å²) in [4.78, 5) is 11.9. The number of ether oxygens (including phenoxy) is 1. The SMILES string of the molecule is COc1ccc(CCNC(=O)C=Cc2ccc(C(C)C)cc2)cc1. The van der Waals surface area contributed by atoms with Crippen molar-refractivity contribution in [1.82, 2.24) is 5.32 Å². The Kier molecular flexibility index (Phi) is 6.62. The van der Waals surface area contributed by atoms with Gasteiger partial charge in [0.2, 0.25) is 5.91 Å². The quantitative estimate of drug-likeness (QED) is 0.776. The third kappa shape index (κ3) is 5.58. The third-order valence-electron chi connectivity index (χ3n) is 3.90. The van der Waals surface area contributed by atoms with Gasteiger partial charge in [-0.15, -0.1) is 0 Å². The molecule has 0 atom stereocenters. The lowest BCUT2D eigenvalue weighted by Crippen LogP contribution is -2.23. The molecule has 3 heteroatoms. The van der Waals surface area contributed by atoms with Crippen LogP contribution in [0.4, 0.5) is 0 Å². The molecular formula is C21H25NO2. The molecule has 0 heterocycles. The van der Waals surface area contributed by atoms with Gasteiger partial charge in [-0.3, -0.25) is 4.79 Å². The molecule has 0 saturated heterocycles. The van der Waals surface area contributed by atoms with Crippen LogP contribution in [0.3, 0.4) is 0 Å². The van der Waals surface area contributed by atoms with Crippen LogP contribution in [0.2, 0.25) is 0 Å². The summed E-state index contributed by atoms with van der Waals surface area (Å²) in [6.07, 6.45) is 4.22. The zero-order valence-corrected chi connectivity index (χ0v) is 14.6. The van der Waals surface area contributed by atoms with Gasteiger partial charge in [0.25, 0.3) is 0 Å². The van der Waals surface area contributed by atoms with Gasteiger partial charge < -0.3 is 10.1 Å². The molecule has 0 bridgehead atoms. The van der Waals surface area contributed by atoms with Crippen LogP contribution in [0, 0.1) is 0 Å². The molecule has 24 heavy (non-hydrogen) atoms. The molecule has 1 N–H and O–H groups in total. The van der Waals surface area contributed by atoms with Crippen molar-refractivity contribution in [2.75, 3.05) is 13.7 Å². The van der Waals surface area contributed by atoms with Crippen LogP contribution in [0.5, 0.6) is 5.75 Å². The highest BCUT2D eigenvalue weighted by molar-refractivity contribution is 5.91. The van der Waals surface area contributed by atoms with Crippen molar-refractivity contribution in [2.24, 2.45) is 0 Å². The highest BCUT2D eigenvalue weighted by Crippen LogP contribution is 2.15. The zero-order chi connectivity index (χ0) is 17.4. The van der Waals surface area contributed by atoms with E-state index in [9.17, 15) is 4.79 Å². The number of rotatable bonds is 7. The van der Waals surface area contributed by atoms with Gasteiger partial charge in [-0.1, -0.05) is 50.2 Å². The van der Waals surface area contributed by atoms with Crippen LogP contribution < -0.4 is 10.1 Å². The van der Waals surface area contributed by atoms with Crippen LogP contribution in [0.1, 0.15) is 36.5 Å². The second kappa shape index (κ2) is 8.92. The fourth-order valence-electron chi connectivity index (χ4n) is 2.35. The van der Waals surface area contributed by atoms with Crippen LogP contribution in [-0.2, 0) is 11.2 Å². The molecule has 0 aliphatic rings. The maximum absolute atomic E-state index is 11.9. The average Bonchev–Trinajstić information content (AvgIpc) is 2.61. The Balaban J connectivity index is 1.77. The Morgan fingerprint density at radius 2 is 1.75 bits per heavy atom. The normalized spacial score (nSPS) is 11.0. The summed E-state index contributed by atoms with van der Waals surface area (Å²) in [6, 6.07) is 16.2. The molecule has 0 saturated carbocycles. The number of benzene rings is 2. The van der Waals surface area contributed by atoms with E-state index in [0.717, 1.165) is 17.7 Å². The summed E-state index contributed by atoms with van der Waals surface area (Å²) in [5.41, 5.74) is 3.50. The van der Waals surface area contributed by atoms with E-state index < -0.39 is 0 Å². The van der Waals surface area contributed by atoms with Crippen molar-refractivity contribution in [3.8, 4) is 5.75 Å². The van der Waals surface area contributed by atoms with Gasteiger partial charge in [0.1, 0.15) is 5.75 Å². The standard InChI is InChI=1S/C21H25NO2/c1-16(2)19-9-4-17(5-10-19)8-13-21(23)22-15-14-18-6-11-20(24-3)12-7-18/h4-13,16H,14-15H2,1-3H3,(H,22,23). The van der Waals surface area contributed by atoms with E-state index in [-0.39, 0.29) is 5.91 Å². The molecule has 126 valence electrons. The number of methoxy groups -OCH3 is 1. The van der Waals surface area contributed by atoms with Crippen molar-refractivity contribution in [2.45, 2.75) is 26.2 Å². The fraction of sp³-hybridized carbons (Fsp3) is 0.286. The van der Waals surface area contributed by atoms with Crippen molar-refractivity contribution in [1.29, 1.82) is 0 Å². The largest absolute Gasteiger partial charge is 0.497 e. The van der Waals surface area contributed by atoms with Gasteiger partial charge in [-0.25, -0.2) is 0 Å². The molecule has 1 amide bonds. The van der Waals surface area contributed by atoms with Gasteiger partial charge in [0.05, 0.1) is 7.11 Å². The number of nitrogens with one attached hydrogen (secondary N) is 1. The Morgan fingerprint density at radius 3 is 2.33 bits per heavy atom. The summed E-state index contributed by atoms with van der Waals surface area (Å²) in [5.74, 6) is 1.29. The molecule has 0 aliphatic heterocycles. The van der Waals surface area contributed by atoms with Crippen molar-refractivity contribution >= 4 is 12.0 Å². The first-order valence-electron chi connectivity index (χ1n) is 8.27. The average molecular weight is 323 g/mol. The maximum Gasteiger partial charge on any atom is 0.244 e. The molecule has 0 unspecified atom stereocenters. The van der Waals surface area contributed by atoms with E-state index in [0.29, 0.717) is 12.5 Å². The highest BCUT2D eigenvalue weighted by Gasteiger charge is 1.99. The monoisotopic (exact) mass is 323 g/mol. The van der Waals surface area contributed by atoms with E-state index >= 15 is 0 Å². The van der Waals surface area contributed by atoms with E-state index in [1.54, 1.807) is 13.2 Å². The second-order valence-corrected chi connectivity index (χ2v) is 6.04. The molecule has 0 aromatic heterocycles. The molecule has 2 rings (SSSR count). The first-order chi connectivity index (χ1) is 11.6. The van der Waals surface area contributed by atoms with Gasteiger partial charge in [0.15, 0.2) is 0 Å². The number of hydrogen-bond donors (Lipinski definition) is 1. The van der Waals surface area contributed by atoms with E-state index in [2.05, 4.69) is 31.3 Å². The summed E-state index contributed by atoms with van der Waals surface area (Å²) in [7, 11) is 1.65. The lowest BCUT2D eigenvalue weighted by molar-refractivity contribution is -0.116. The highest BCUT2D eigenvalue weighted by atomic mass is 16.5. The number of amides is 1. The molecule has 0 aliphatic carbocycles. The minimum Gasteiger partial charge on any atom is -0.497 e. The molecule has 2 aromatic rings. The predicted octanol–water partition coefficient (Wildman–Crippen LogP) is 4.19. The topological polar surface area (TPSA) is 38.3 Å². The second-order valence-electron chi connectivity index (χ2n) is 6.04. The molecule has 0 fully saturated rings. The number of hydrogen-bond acceptors (Lipinski definition) is 2. The molecular weight excluding hydrogens is 298 g/mol. The fourth-order valence-corrected chi connectivity index (χ4v) is 2.35. The third-order valence-corrected chi connectivity index (χ3v) is 3.90. The summed E-state index contributed by atoms with van der Waals surface area (Å²) >= 11 is 0. The van der Waals surface area contributed by atoms with Crippen molar-refractivity contribution < 1.29 is 9.53 Å². The van der Waals surface area contributed by atoms with E-state index in [4.69, 9.17) is 4.74 Å². The lowest BCUT2D eigenvalue weighted by atomic mass is 10.0. The van der Waals surface area contributed by atoms with E-state index in [1.807, 2.05) is 42.5 Å². The van der Waals surface area contributed by atoms with Crippen LogP contribution in [0.15, 0.2) is 54.6 Å². The summed E-state index contributed by atoms with van der Waals surface area (Å²) < 4.78 is 5.13. The minimum absolute atomic E-state index is 0.0727. The Hall–Kier alpha value is -2.55. The minimum atomic E-state index is -0.0727. The van der Waals surface area contributed by atoms with E-state index in [1.165, 1.54) is 11.1 Å². The Morgan fingerprint density at radius 1 is 1.08 bits per heavy atom. The van der Waals surface area contributed by atoms with Crippen molar-refractivity contribution in [3.05, 3.63) is 71.3 Å². The van der Waals surface area contributed by atoms with Crippen LogP contribution in [0.25, 0.3) is 6.08 Å². The van der Waals surface area contributed by atoms with Gasteiger partial charge in [0, 0.05) is 12.6 Å². The van der Waals surface area contributed by atoms with Crippen LogP contribution in [-0.4, -0.2) is 19.6 Å². The first kappa shape index (κ1) is 17.8. The number of carbonyl (C=O) groups excluding carboxylic acids is 1. The van der Waals surface area contributed by atoms with Gasteiger partial charge in [-0.05, 0) is 47.2 Å². The van der Waals surface area contributed by atoms with Crippen molar-refractivity contribution in [3.63, 3.8) is 0 Å². The lowest BCUT2D eigenvalue weighted by Gasteiger charge is -2.05.